The van der Waals surface area contributed by atoms with Crippen molar-refractivity contribution in [2.75, 3.05) is 0 Å². The van der Waals surface area contributed by atoms with Gasteiger partial charge in [0.1, 0.15) is 0 Å². The average molecular weight is 174 g/mol. The fourth-order valence-electron chi connectivity index (χ4n) is 1.25. The van der Waals surface area contributed by atoms with Crippen LogP contribution in [0.3, 0.4) is 0 Å². The molecule has 0 aromatic heterocycles. The van der Waals surface area contributed by atoms with Crippen molar-refractivity contribution < 1.29 is 5.11 Å². The van der Waals surface area contributed by atoms with E-state index in [1.54, 1.807) is 6.92 Å². The number of aliphatic hydroxyl groups excluding tert-OH is 1. The van der Waals surface area contributed by atoms with Crippen LogP contribution in [-0.4, -0.2) is 5.11 Å². The monoisotopic (exact) mass is 174 g/mol. The molecule has 0 amide bonds. The van der Waals surface area contributed by atoms with E-state index in [1.165, 1.54) is 0 Å². The lowest BCUT2D eigenvalue weighted by Gasteiger charge is -2.13. The normalized spacial score (nSPS) is 14.1. The summed E-state index contributed by atoms with van der Waals surface area (Å²) in [6.45, 7) is 3.71. The molecule has 1 nitrogen and oxygen atoms in total. The first kappa shape index (κ1) is 9.83. The van der Waals surface area contributed by atoms with Crippen LogP contribution in [0, 0.1) is 17.8 Å². The van der Waals surface area contributed by atoms with Crippen molar-refractivity contribution in [3.05, 3.63) is 35.9 Å². The van der Waals surface area contributed by atoms with Crippen LogP contribution >= 0.6 is 0 Å². The molecule has 0 saturated heterocycles. The molecule has 1 aromatic carbocycles. The first-order valence-electron chi connectivity index (χ1n) is 4.41. The van der Waals surface area contributed by atoms with Gasteiger partial charge in [-0.25, -0.2) is 0 Å². The van der Waals surface area contributed by atoms with Crippen molar-refractivity contribution in [2.24, 2.45) is 5.92 Å². The van der Waals surface area contributed by atoms with Gasteiger partial charge in [-0.05, 0) is 19.4 Å². The summed E-state index contributed by atoms with van der Waals surface area (Å²) in [4.78, 5) is 0. The van der Waals surface area contributed by atoms with E-state index in [1.807, 2.05) is 37.3 Å². The minimum Gasteiger partial charge on any atom is -0.387 e. The quantitative estimate of drug-likeness (QED) is 0.682. The second kappa shape index (κ2) is 4.69. The maximum absolute atomic E-state index is 9.82. The van der Waals surface area contributed by atoms with Gasteiger partial charge >= 0.3 is 0 Å². The van der Waals surface area contributed by atoms with Crippen molar-refractivity contribution in [3.63, 3.8) is 0 Å². The zero-order chi connectivity index (χ0) is 9.68. The maximum atomic E-state index is 9.82. The standard InChI is InChI=1S/C12H14O/c1-3-7-10(2)12(13)11-8-5-4-6-9-11/h4-6,8-10,12-13H,1-2H3/t10-,12+/m0/s1. The zero-order valence-electron chi connectivity index (χ0n) is 7.99. The van der Waals surface area contributed by atoms with Crippen LogP contribution < -0.4 is 0 Å². The predicted octanol–water partition coefficient (Wildman–Crippen LogP) is 2.38. The Morgan fingerprint density at radius 3 is 2.38 bits per heavy atom. The Hall–Kier alpha value is -1.26. The Morgan fingerprint density at radius 2 is 1.85 bits per heavy atom. The van der Waals surface area contributed by atoms with Crippen molar-refractivity contribution in [3.8, 4) is 11.8 Å². The van der Waals surface area contributed by atoms with Crippen LogP contribution in [-0.2, 0) is 0 Å². The van der Waals surface area contributed by atoms with E-state index < -0.39 is 6.10 Å². The molecule has 0 heterocycles. The van der Waals surface area contributed by atoms with E-state index >= 15 is 0 Å². The Kier molecular flexibility index (Phi) is 3.54. The second-order valence-corrected chi connectivity index (χ2v) is 3.04. The zero-order valence-corrected chi connectivity index (χ0v) is 7.99. The van der Waals surface area contributed by atoms with Crippen molar-refractivity contribution in [2.45, 2.75) is 20.0 Å². The van der Waals surface area contributed by atoms with E-state index in [4.69, 9.17) is 0 Å². The fourth-order valence-corrected chi connectivity index (χ4v) is 1.25. The topological polar surface area (TPSA) is 20.2 Å². The Morgan fingerprint density at radius 1 is 1.23 bits per heavy atom. The molecule has 1 heteroatoms. The molecule has 1 rings (SSSR count). The number of rotatable bonds is 2. The highest BCUT2D eigenvalue weighted by atomic mass is 16.3. The van der Waals surface area contributed by atoms with E-state index in [9.17, 15) is 5.11 Å². The molecule has 0 saturated carbocycles. The minimum atomic E-state index is -0.478. The van der Waals surface area contributed by atoms with Gasteiger partial charge in [0.25, 0.3) is 0 Å². The first-order valence-corrected chi connectivity index (χ1v) is 4.41. The van der Waals surface area contributed by atoms with Gasteiger partial charge in [-0.15, -0.1) is 5.92 Å². The molecule has 1 N–H and O–H groups in total. The van der Waals surface area contributed by atoms with Gasteiger partial charge in [0.15, 0.2) is 0 Å². The number of aliphatic hydroxyl groups is 1. The summed E-state index contributed by atoms with van der Waals surface area (Å²) in [7, 11) is 0. The highest BCUT2D eigenvalue weighted by Crippen LogP contribution is 2.20. The summed E-state index contributed by atoms with van der Waals surface area (Å²) in [6.07, 6.45) is -0.478. The minimum absolute atomic E-state index is 0.00704. The molecule has 0 fully saturated rings. The largest absolute Gasteiger partial charge is 0.387 e. The van der Waals surface area contributed by atoms with E-state index in [0.717, 1.165) is 5.56 Å². The average Bonchev–Trinajstić information content (AvgIpc) is 2.18. The summed E-state index contributed by atoms with van der Waals surface area (Å²) in [5, 5.41) is 9.82. The molecule has 0 aliphatic carbocycles. The summed E-state index contributed by atoms with van der Waals surface area (Å²) >= 11 is 0. The van der Waals surface area contributed by atoms with Gasteiger partial charge in [-0.1, -0.05) is 36.3 Å². The Labute approximate surface area is 79.4 Å². The third kappa shape index (κ3) is 2.61. The highest BCUT2D eigenvalue weighted by Gasteiger charge is 2.12. The number of benzene rings is 1. The molecule has 0 aliphatic heterocycles. The maximum Gasteiger partial charge on any atom is 0.0924 e. The number of hydrogen-bond acceptors (Lipinski definition) is 1. The molecule has 0 radical (unpaired) electrons. The van der Waals surface area contributed by atoms with Crippen molar-refractivity contribution >= 4 is 0 Å². The molecule has 0 unspecified atom stereocenters. The van der Waals surface area contributed by atoms with Crippen LogP contribution in [0.25, 0.3) is 0 Å². The summed E-state index contributed by atoms with van der Waals surface area (Å²) in [5.74, 6) is 5.74. The predicted molar refractivity (Wildman–Crippen MR) is 54.0 cm³/mol. The summed E-state index contributed by atoms with van der Waals surface area (Å²) in [5.41, 5.74) is 0.928. The van der Waals surface area contributed by atoms with Gasteiger partial charge in [0.2, 0.25) is 0 Å². The first-order chi connectivity index (χ1) is 6.25. The number of hydrogen-bond donors (Lipinski definition) is 1. The summed E-state index contributed by atoms with van der Waals surface area (Å²) in [6, 6.07) is 9.61. The third-order valence-corrected chi connectivity index (χ3v) is 1.99. The van der Waals surface area contributed by atoms with Gasteiger partial charge in [-0.2, -0.15) is 0 Å². The van der Waals surface area contributed by atoms with Gasteiger partial charge in [0.05, 0.1) is 6.10 Å². The Balaban J connectivity index is 2.77. The van der Waals surface area contributed by atoms with Crippen LogP contribution in [0.5, 0.6) is 0 Å². The lowest BCUT2D eigenvalue weighted by Crippen LogP contribution is -2.06. The smallest absolute Gasteiger partial charge is 0.0924 e. The molecular weight excluding hydrogens is 160 g/mol. The lowest BCUT2D eigenvalue weighted by molar-refractivity contribution is 0.143. The third-order valence-electron chi connectivity index (χ3n) is 1.99. The fraction of sp³-hybridized carbons (Fsp3) is 0.333. The SMILES string of the molecule is CC#C[C@H](C)[C@@H](O)c1ccccc1. The van der Waals surface area contributed by atoms with Crippen LogP contribution in [0.4, 0.5) is 0 Å². The van der Waals surface area contributed by atoms with Crippen LogP contribution in [0.1, 0.15) is 25.5 Å². The summed E-state index contributed by atoms with van der Waals surface area (Å²) < 4.78 is 0. The molecule has 68 valence electrons. The van der Waals surface area contributed by atoms with Crippen LogP contribution in [0.15, 0.2) is 30.3 Å². The van der Waals surface area contributed by atoms with Crippen molar-refractivity contribution in [1.82, 2.24) is 0 Å². The Bertz CT molecular complexity index is 305. The van der Waals surface area contributed by atoms with E-state index in [-0.39, 0.29) is 5.92 Å². The van der Waals surface area contributed by atoms with Crippen LogP contribution in [0.2, 0.25) is 0 Å². The molecule has 0 bridgehead atoms. The van der Waals surface area contributed by atoms with Gasteiger partial charge in [0, 0.05) is 5.92 Å². The molecule has 1 aromatic rings. The molecule has 0 aliphatic rings. The van der Waals surface area contributed by atoms with E-state index in [0.29, 0.717) is 0 Å². The molecular formula is C12H14O. The molecule has 2 atom stereocenters. The second-order valence-electron chi connectivity index (χ2n) is 3.04. The highest BCUT2D eigenvalue weighted by molar-refractivity contribution is 5.20. The lowest BCUT2D eigenvalue weighted by atomic mass is 9.98. The van der Waals surface area contributed by atoms with Gasteiger partial charge < -0.3 is 5.11 Å². The van der Waals surface area contributed by atoms with Gasteiger partial charge in [-0.3, -0.25) is 0 Å². The molecule has 13 heavy (non-hydrogen) atoms. The van der Waals surface area contributed by atoms with Crippen molar-refractivity contribution in [1.29, 1.82) is 0 Å². The van der Waals surface area contributed by atoms with E-state index in [2.05, 4.69) is 11.8 Å². The molecule has 0 spiro atoms.